The number of piperidine rings is 1. The van der Waals surface area contributed by atoms with Gasteiger partial charge in [0.2, 0.25) is 0 Å². The Hall–Kier alpha value is -1.17. The van der Waals surface area contributed by atoms with Crippen LogP contribution in [0, 0.1) is 0 Å². The van der Waals surface area contributed by atoms with E-state index in [1.165, 1.54) is 0 Å². The highest BCUT2D eigenvalue weighted by molar-refractivity contribution is 6.42. The van der Waals surface area contributed by atoms with E-state index >= 15 is 0 Å². The summed E-state index contributed by atoms with van der Waals surface area (Å²) in [6, 6.07) is 3.86. The maximum absolute atomic E-state index is 12.1. The van der Waals surface area contributed by atoms with Crippen LogP contribution in [0.2, 0.25) is 10.0 Å². The van der Waals surface area contributed by atoms with Gasteiger partial charge < -0.3 is 20.7 Å². The van der Waals surface area contributed by atoms with Crippen LogP contribution in [0.25, 0.3) is 0 Å². The average Bonchev–Trinajstić information content (AvgIpc) is 2.49. The average molecular weight is 374 g/mol. The van der Waals surface area contributed by atoms with Gasteiger partial charge in [-0.1, -0.05) is 23.2 Å². The summed E-state index contributed by atoms with van der Waals surface area (Å²) in [4.78, 5) is 13.8. The lowest BCUT2D eigenvalue weighted by atomic mass is 10.0. The Labute approximate surface area is 153 Å². The van der Waals surface area contributed by atoms with Crippen molar-refractivity contribution < 1.29 is 9.53 Å². The number of anilines is 1. The zero-order valence-corrected chi connectivity index (χ0v) is 15.9. The van der Waals surface area contributed by atoms with Gasteiger partial charge in [0.15, 0.2) is 0 Å². The van der Waals surface area contributed by atoms with E-state index in [1.54, 1.807) is 11.0 Å². The van der Waals surface area contributed by atoms with Crippen LogP contribution in [0.1, 0.15) is 39.2 Å². The van der Waals surface area contributed by atoms with Crippen LogP contribution in [0.4, 0.5) is 10.5 Å². The predicted octanol–water partition coefficient (Wildman–Crippen LogP) is 4.26. The molecule has 0 spiro atoms. The molecule has 0 unspecified atom stereocenters. The first-order chi connectivity index (χ1) is 11.2. The SMILES string of the molecule is CC(C)(C)OC(=O)N1CCC(Nc2cc(Cl)c(Cl)cc2CN)CC1. The number of halogens is 2. The fourth-order valence-electron chi connectivity index (χ4n) is 2.64. The third kappa shape index (κ3) is 5.16. The Morgan fingerprint density at radius 1 is 1.29 bits per heavy atom. The molecule has 5 nitrogen and oxygen atoms in total. The minimum Gasteiger partial charge on any atom is -0.444 e. The van der Waals surface area contributed by atoms with Crippen LogP contribution in [0.5, 0.6) is 0 Å². The predicted molar refractivity (Wildman–Crippen MR) is 98.8 cm³/mol. The van der Waals surface area contributed by atoms with Crippen LogP contribution in [-0.4, -0.2) is 35.7 Å². The number of ether oxygens (including phenoxy) is 1. The molecular formula is C17H25Cl2N3O2. The molecule has 0 saturated carbocycles. The van der Waals surface area contributed by atoms with Crippen molar-refractivity contribution in [1.82, 2.24) is 4.90 Å². The fraction of sp³-hybridized carbons (Fsp3) is 0.588. The van der Waals surface area contributed by atoms with Gasteiger partial charge in [-0.2, -0.15) is 0 Å². The zero-order chi connectivity index (χ0) is 17.9. The molecule has 3 N–H and O–H groups in total. The van der Waals surface area contributed by atoms with Crippen LogP contribution in [-0.2, 0) is 11.3 Å². The summed E-state index contributed by atoms with van der Waals surface area (Å²) in [5.41, 5.74) is 7.15. The number of rotatable bonds is 3. The normalized spacial score (nSPS) is 16.2. The minimum absolute atomic E-state index is 0.252. The van der Waals surface area contributed by atoms with E-state index in [2.05, 4.69) is 5.32 Å². The number of carbonyl (C=O) groups excluding carboxylic acids is 1. The second kappa shape index (κ2) is 7.81. The summed E-state index contributed by atoms with van der Waals surface area (Å²) in [6.45, 7) is 7.32. The van der Waals surface area contributed by atoms with Gasteiger partial charge in [0.1, 0.15) is 5.60 Å². The van der Waals surface area contributed by atoms with Crippen molar-refractivity contribution in [2.24, 2.45) is 5.73 Å². The number of hydrogen-bond donors (Lipinski definition) is 2. The Morgan fingerprint density at radius 2 is 1.88 bits per heavy atom. The van der Waals surface area contributed by atoms with Crippen LogP contribution in [0.3, 0.4) is 0 Å². The van der Waals surface area contributed by atoms with Crippen molar-refractivity contribution in [1.29, 1.82) is 0 Å². The van der Waals surface area contributed by atoms with E-state index in [0.717, 1.165) is 24.1 Å². The Bertz CT molecular complexity index is 594. The molecule has 1 aromatic rings. The lowest BCUT2D eigenvalue weighted by Gasteiger charge is -2.34. The smallest absolute Gasteiger partial charge is 0.410 e. The summed E-state index contributed by atoms with van der Waals surface area (Å²) in [5.74, 6) is 0. The van der Waals surface area contributed by atoms with Crippen molar-refractivity contribution in [2.45, 2.75) is 51.8 Å². The maximum atomic E-state index is 12.1. The lowest BCUT2D eigenvalue weighted by molar-refractivity contribution is 0.0210. The highest BCUT2D eigenvalue weighted by Gasteiger charge is 2.27. The summed E-state index contributed by atoms with van der Waals surface area (Å²) in [7, 11) is 0. The van der Waals surface area contributed by atoms with E-state index in [4.69, 9.17) is 33.7 Å². The number of nitrogens with one attached hydrogen (secondary N) is 1. The summed E-state index contributed by atoms with van der Waals surface area (Å²) >= 11 is 12.1. The Balaban J connectivity index is 1.94. The Morgan fingerprint density at radius 3 is 2.42 bits per heavy atom. The number of nitrogens with zero attached hydrogens (tertiary/aromatic N) is 1. The molecule has 7 heteroatoms. The summed E-state index contributed by atoms with van der Waals surface area (Å²) < 4.78 is 5.41. The quantitative estimate of drug-likeness (QED) is 0.830. The topological polar surface area (TPSA) is 67.6 Å². The van der Waals surface area contributed by atoms with E-state index in [-0.39, 0.29) is 12.1 Å². The van der Waals surface area contributed by atoms with Gasteiger partial charge in [-0.05, 0) is 51.3 Å². The first kappa shape index (κ1) is 19.2. The zero-order valence-electron chi connectivity index (χ0n) is 14.4. The van der Waals surface area contributed by atoms with Crippen molar-refractivity contribution in [3.8, 4) is 0 Å². The molecule has 1 aromatic carbocycles. The van der Waals surface area contributed by atoms with E-state index in [9.17, 15) is 4.79 Å². The lowest BCUT2D eigenvalue weighted by Crippen LogP contribution is -2.44. The molecule has 1 amide bonds. The standard InChI is InChI=1S/C17H25Cl2N3O2/c1-17(2,3)24-16(23)22-6-4-12(5-7-22)21-15-9-14(19)13(18)8-11(15)10-20/h8-9,12,21H,4-7,10,20H2,1-3H3. The molecule has 1 fully saturated rings. The molecule has 0 atom stereocenters. The van der Waals surface area contributed by atoms with E-state index in [0.29, 0.717) is 29.7 Å². The fourth-order valence-corrected chi connectivity index (χ4v) is 2.99. The molecule has 2 rings (SSSR count). The van der Waals surface area contributed by atoms with Crippen LogP contribution < -0.4 is 11.1 Å². The van der Waals surface area contributed by atoms with Crippen molar-refractivity contribution in [3.63, 3.8) is 0 Å². The van der Waals surface area contributed by atoms with Gasteiger partial charge in [-0.15, -0.1) is 0 Å². The van der Waals surface area contributed by atoms with Gasteiger partial charge in [0.05, 0.1) is 10.0 Å². The molecule has 0 bridgehead atoms. The van der Waals surface area contributed by atoms with Gasteiger partial charge in [-0.25, -0.2) is 4.79 Å². The Kier molecular flexibility index (Phi) is 6.23. The van der Waals surface area contributed by atoms with Gasteiger partial charge >= 0.3 is 6.09 Å². The molecule has 1 aliphatic rings. The van der Waals surface area contributed by atoms with Crippen molar-refractivity contribution >= 4 is 35.0 Å². The molecular weight excluding hydrogens is 349 g/mol. The van der Waals surface area contributed by atoms with Crippen molar-refractivity contribution in [2.75, 3.05) is 18.4 Å². The van der Waals surface area contributed by atoms with Crippen molar-refractivity contribution in [3.05, 3.63) is 27.7 Å². The number of benzene rings is 1. The number of carbonyl (C=O) groups is 1. The second-order valence-corrected chi connectivity index (χ2v) is 7.83. The van der Waals surface area contributed by atoms with Gasteiger partial charge in [0, 0.05) is 31.4 Å². The monoisotopic (exact) mass is 373 g/mol. The number of nitrogens with two attached hydrogens (primary N) is 1. The third-order valence-electron chi connectivity index (χ3n) is 3.87. The third-order valence-corrected chi connectivity index (χ3v) is 4.59. The van der Waals surface area contributed by atoms with Crippen LogP contribution >= 0.6 is 23.2 Å². The molecule has 1 heterocycles. The highest BCUT2D eigenvalue weighted by Crippen LogP contribution is 2.30. The molecule has 0 aliphatic carbocycles. The second-order valence-electron chi connectivity index (χ2n) is 7.01. The largest absolute Gasteiger partial charge is 0.444 e. The van der Waals surface area contributed by atoms with E-state index < -0.39 is 5.60 Å². The first-order valence-electron chi connectivity index (χ1n) is 8.12. The minimum atomic E-state index is -0.470. The van der Waals surface area contributed by atoms with Gasteiger partial charge in [0.25, 0.3) is 0 Å². The number of amides is 1. The van der Waals surface area contributed by atoms with Crippen LogP contribution in [0.15, 0.2) is 12.1 Å². The number of hydrogen-bond acceptors (Lipinski definition) is 4. The van der Waals surface area contributed by atoms with E-state index in [1.807, 2.05) is 26.8 Å². The highest BCUT2D eigenvalue weighted by atomic mass is 35.5. The maximum Gasteiger partial charge on any atom is 0.410 e. The molecule has 0 aromatic heterocycles. The molecule has 1 aliphatic heterocycles. The summed E-state index contributed by atoms with van der Waals surface area (Å²) in [6.07, 6.45) is 1.42. The molecule has 134 valence electrons. The van der Waals surface area contributed by atoms with Gasteiger partial charge in [-0.3, -0.25) is 0 Å². The number of likely N-dealkylation sites (tertiary alicyclic amines) is 1. The molecule has 1 saturated heterocycles. The molecule has 24 heavy (non-hydrogen) atoms. The molecule has 0 radical (unpaired) electrons. The summed E-state index contributed by atoms with van der Waals surface area (Å²) in [5, 5.41) is 4.48. The first-order valence-corrected chi connectivity index (χ1v) is 8.87.